The molecule has 0 amide bonds. The summed E-state index contributed by atoms with van der Waals surface area (Å²) >= 11 is 0. The minimum absolute atomic E-state index is 0.635. The van der Waals surface area contributed by atoms with Crippen LogP contribution in [0.3, 0.4) is 0 Å². The highest BCUT2D eigenvalue weighted by Gasteiger charge is 2.24. The molecule has 138 valence electrons. The van der Waals surface area contributed by atoms with Gasteiger partial charge in [0, 0.05) is 22.5 Å². The number of pyridine rings is 1. The van der Waals surface area contributed by atoms with E-state index in [0.717, 1.165) is 28.8 Å². The quantitative estimate of drug-likeness (QED) is 0.387. The lowest BCUT2D eigenvalue weighted by Crippen LogP contribution is -2.37. The van der Waals surface area contributed by atoms with Crippen LogP contribution in [0.5, 0.6) is 0 Å². The third-order valence-electron chi connectivity index (χ3n) is 5.08. The van der Waals surface area contributed by atoms with Crippen LogP contribution in [0.1, 0.15) is 19.4 Å². The first-order valence-corrected chi connectivity index (χ1v) is 13.2. The van der Waals surface area contributed by atoms with Crippen LogP contribution in [0.2, 0.25) is 19.6 Å². The fourth-order valence-corrected chi connectivity index (χ4v) is 5.41. The summed E-state index contributed by atoms with van der Waals surface area (Å²) in [5, 5.41) is 3.93. The smallest absolute Gasteiger partial charge is 0.144 e. The minimum atomic E-state index is -1.51. The number of hydrogen-bond donors (Lipinski definition) is 0. The van der Waals surface area contributed by atoms with Gasteiger partial charge in [0.1, 0.15) is 11.2 Å². The van der Waals surface area contributed by atoms with Crippen LogP contribution in [0.15, 0.2) is 59.1 Å². The zero-order valence-electron chi connectivity index (χ0n) is 16.8. The molecule has 3 heteroatoms. The first-order chi connectivity index (χ1) is 12.8. The number of fused-ring (bicyclic) bond motifs is 3. The Morgan fingerprint density at radius 3 is 2.41 bits per heavy atom. The highest BCUT2D eigenvalue weighted by molar-refractivity contribution is 6.90. The van der Waals surface area contributed by atoms with E-state index in [1.165, 1.54) is 21.5 Å². The van der Waals surface area contributed by atoms with E-state index in [-0.39, 0.29) is 0 Å². The van der Waals surface area contributed by atoms with Gasteiger partial charge in [-0.2, -0.15) is 0 Å². The summed E-state index contributed by atoms with van der Waals surface area (Å²) < 4.78 is 6.35. The van der Waals surface area contributed by atoms with Crippen LogP contribution >= 0.6 is 0 Å². The highest BCUT2D eigenvalue weighted by Crippen LogP contribution is 2.35. The zero-order valence-corrected chi connectivity index (χ0v) is 17.8. The number of furan rings is 1. The summed E-state index contributed by atoms with van der Waals surface area (Å²) in [6.07, 6.45) is 3.07. The van der Waals surface area contributed by atoms with Crippen molar-refractivity contribution in [1.82, 2.24) is 4.98 Å². The molecule has 0 aliphatic carbocycles. The summed E-state index contributed by atoms with van der Waals surface area (Å²) in [7, 11) is -1.51. The summed E-state index contributed by atoms with van der Waals surface area (Å²) in [6.45, 7) is 11.6. The molecule has 27 heavy (non-hydrogen) atoms. The van der Waals surface area contributed by atoms with Crippen LogP contribution < -0.4 is 5.19 Å². The van der Waals surface area contributed by atoms with E-state index in [1.807, 2.05) is 12.3 Å². The lowest BCUT2D eigenvalue weighted by atomic mass is 10.0. The highest BCUT2D eigenvalue weighted by atomic mass is 28.3. The van der Waals surface area contributed by atoms with Gasteiger partial charge in [-0.05, 0) is 41.3 Å². The van der Waals surface area contributed by atoms with Crippen molar-refractivity contribution in [2.45, 2.75) is 39.9 Å². The number of aromatic nitrogens is 1. The first kappa shape index (κ1) is 18.0. The van der Waals surface area contributed by atoms with Crippen molar-refractivity contribution >= 4 is 35.2 Å². The molecule has 0 fully saturated rings. The molecule has 0 aliphatic heterocycles. The average molecular weight is 374 g/mol. The molecular formula is C24H27NOSi. The van der Waals surface area contributed by atoms with E-state index < -0.39 is 8.07 Å². The molecule has 2 aromatic carbocycles. The molecule has 2 heterocycles. The number of para-hydroxylation sites is 1. The molecule has 0 saturated heterocycles. The largest absolute Gasteiger partial charge is 0.455 e. The molecule has 2 nitrogen and oxygen atoms in total. The first-order valence-electron chi connectivity index (χ1n) is 9.74. The van der Waals surface area contributed by atoms with E-state index in [0.29, 0.717) is 5.92 Å². The molecule has 2 aromatic heterocycles. The lowest BCUT2D eigenvalue weighted by molar-refractivity contribution is 0.645. The predicted molar refractivity (Wildman–Crippen MR) is 118 cm³/mol. The van der Waals surface area contributed by atoms with Crippen molar-refractivity contribution < 1.29 is 4.42 Å². The summed E-state index contributed by atoms with van der Waals surface area (Å²) in [4.78, 5) is 4.77. The third kappa shape index (κ3) is 3.32. The van der Waals surface area contributed by atoms with E-state index >= 15 is 0 Å². The average Bonchev–Trinajstić information content (AvgIpc) is 3.00. The second kappa shape index (κ2) is 6.65. The molecule has 0 N–H and O–H groups in total. The van der Waals surface area contributed by atoms with Gasteiger partial charge in [0.05, 0.1) is 13.8 Å². The summed E-state index contributed by atoms with van der Waals surface area (Å²) in [5.41, 5.74) is 5.28. The summed E-state index contributed by atoms with van der Waals surface area (Å²) in [6, 6.07) is 17.2. The number of rotatable bonds is 4. The summed E-state index contributed by atoms with van der Waals surface area (Å²) in [5.74, 6) is 0.635. The maximum absolute atomic E-state index is 6.35. The maximum atomic E-state index is 6.35. The van der Waals surface area contributed by atoms with Gasteiger partial charge in [0.15, 0.2) is 0 Å². The Bertz CT molecular complexity index is 1100. The Balaban J connectivity index is 1.95. The molecule has 0 aliphatic rings. The standard InChI is InChI=1S/C24H27NOSi/c1-16(2)14-17-10-12-20(25-15-17)18-11-13-22(27(3,4)5)23-19-8-6-7-9-21(19)26-24(18)23/h6-13,15-16H,14H2,1-5H3. The SMILES string of the molecule is CC(C)Cc1ccc(-c2ccc([Si](C)(C)C)c3c2oc2ccccc23)nc1. The van der Waals surface area contributed by atoms with Crippen LogP contribution in [-0.2, 0) is 6.42 Å². The Kier molecular flexibility index (Phi) is 4.43. The van der Waals surface area contributed by atoms with E-state index in [4.69, 9.17) is 9.40 Å². The van der Waals surface area contributed by atoms with Crippen molar-refractivity contribution in [3.05, 3.63) is 60.3 Å². The monoisotopic (exact) mass is 373 g/mol. The van der Waals surface area contributed by atoms with Gasteiger partial charge < -0.3 is 4.42 Å². The fraction of sp³-hybridized carbons (Fsp3) is 0.292. The fourth-order valence-electron chi connectivity index (χ4n) is 3.83. The van der Waals surface area contributed by atoms with Crippen LogP contribution in [0, 0.1) is 5.92 Å². The van der Waals surface area contributed by atoms with Crippen molar-refractivity contribution in [3.63, 3.8) is 0 Å². The Morgan fingerprint density at radius 2 is 1.74 bits per heavy atom. The maximum Gasteiger partial charge on any atom is 0.144 e. The van der Waals surface area contributed by atoms with E-state index in [9.17, 15) is 0 Å². The van der Waals surface area contributed by atoms with E-state index in [2.05, 4.69) is 76.0 Å². The van der Waals surface area contributed by atoms with Gasteiger partial charge in [-0.3, -0.25) is 4.98 Å². The molecule has 0 unspecified atom stereocenters. The third-order valence-corrected chi connectivity index (χ3v) is 7.11. The van der Waals surface area contributed by atoms with Crippen molar-refractivity contribution in [2.24, 2.45) is 5.92 Å². The topological polar surface area (TPSA) is 26.0 Å². The molecular weight excluding hydrogens is 346 g/mol. The predicted octanol–water partition coefficient (Wildman–Crippen LogP) is 6.39. The van der Waals surface area contributed by atoms with Gasteiger partial charge in [-0.25, -0.2) is 0 Å². The Morgan fingerprint density at radius 1 is 0.963 bits per heavy atom. The number of nitrogens with zero attached hydrogens (tertiary/aromatic N) is 1. The van der Waals surface area contributed by atoms with Gasteiger partial charge in [-0.15, -0.1) is 0 Å². The van der Waals surface area contributed by atoms with E-state index in [1.54, 1.807) is 0 Å². The minimum Gasteiger partial charge on any atom is -0.455 e. The van der Waals surface area contributed by atoms with Crippen molar-refractivity contribution in [1.29, 1.82) is 0 Å². The number of benzene rings is 2. The van der Waals surface area contributed by atoms with Crippen LogP contribution in [-0.4, -0.2) is 13.1 Å². The number of hydrogen-bond acceptors (Lipinski definition) is 2. The van der Waals surface area contributed by atoms with Crippen molar-refractivity contribution in [2.75, 3.05) is 0 Å². The van der Waals surface area contributed by atoms with Crippen molar-refractivity contribution in [3.8, 4) is 11.3 Å². The van der Waals surface area contributed by atoms with Gasteiger partial charge in [-0.1, -0.05) is 63.8 Å². The second-order valence-corrected chi connectivity index (χ2v) is 13.9. The normalized spacial score (nSPS) is 12.4. The second-order valence-electron chi connectivity index (χ2n) is 8.86. The van der Waals surface area contributed by atoms with Gasteiger partial charge in [0.2, 0.25) is 0 Å². The van der Waals surface area contributed by atoms with Crippen LogP contribution in [0.4, 0.5) is 0 Å². The molecule has 0 spiro atoms. The Labute approximate surface area is 162 Å². The van der Waals surface area contributed by atoms with Crippen LogP contribution in [0.25, 0.3) is 33.2 Å². The molecule has 0 atom stereocenters. The molecule has 0 saturated carbocycles. The molecule has 0 bridgehead atoms. The Hall–Kier alpha value is -2.39. The molecule has 4 rings (SSSR count). The van der Waals surface area contributed by atoms with Gasteiger partial charge in [0.25, 0.3) is 0 Å². The zero-order chi connectivity index (χ0) is 19.2. The lowest BCUT2D eigenvalue weighted by Gasteiger charge is -2.19. The molecule has 4 aromatic rings. The molecule has 0 radical (unpaired) electrons. The van der Waals surface area contributed by atoms with Gasteiger partial charge >= 0.3 is 0 Å².